The van der Waals surface area contributed by atoms with Crippen molar-refractivity contribution in [2.75, 3.05) is 32.6 Å². The predicted octanol–water partition coefficient (Wildman–Crippen LogP) is 1.45. The Kier molecular flexibility index (Phi) is 3.80. The summed E-state index contributed by atoms with van der Waals surface area (Å²) in [6, 6.07) is 8.29. The van der Waals surface area contributed by atoms with Crippen molar-refractivity contribution in [1.82, 2.24) is 4.90 Å². The molecule has 2 rings (SSSR count). The maximum Gasteiger partial charge on any atom is 0.230 e. The summed E-state index contributed by atoms with van der Waals surface area (Å²) in [5, 5.41) is 0. The molecule has 4 nitrogen and oxygen atoms in total. The van der Waals surface area contributed by atoms with Gasteiger partial charge in [-0.25, -0.2) is 0 Å². The van der Waals surface area contributed by atoms with Crippen LogP contribution >= 0.6 is 0 Å². The summed E-state index contributed by atoms with van der Waals surface area (Å²) in [5.41, 5.74) is 7.76. The Labute approximate surface area is 115 Å². The Morgan fingerprint density at radius 1 is 1.21 bits per heavy atom. The van der Waals surface area contributed by atoms with Gasteiger partial charge in [-0.15, -0.1) is 0 Å². The second-order valence-electron chi connectivity index (χ2n) is 5.71. The summed E-state index contributed by atoms with van der Waals surface area (Å²) in [6.07, 6.45) is 1.87. The molecule has 0 unspecified atom stereocenters. The predicted molar refractivity (Wildman–Crippen MR) is 78.0 cm³/mol. The van der Waals surface area contributed by atoms with Crippen molar-refractivity contribution in [3.8, 4) is 0 Å². The van der Waals surface area contributed by atoms with Gasteiger partial charge in [0.15, 0.2) is 0 Å². The van der Waals surface area contributed by atoms with Gasteiger partial charge >= 0.3 is 0 Å². The molecule has 0 heterocycles. The van der Waals surface area contributed by atoms with Crippen LogP contribution < -0.4 is 10.6 Å². The first kappa shape index (κ1) is 13.9. The van der Waals surface area contributed by atoms with Crippen molar-refractivity contribution in [1.29, 1.82) is 0 Å². The highest BCUT2D eigenvalue weighted by atomic mass is 16.2. The maximum absolute atomic E-state index is 12.3. The molecule has 1 fully saturated rings. The molecular weight excluding hydrogens is 238 g/mol. The van der Waals surface area contributed by atoms with Crippen molar-refractivity contribution in [2.24, 2.45) is 11.1 Å². The second kappa shape index (κ2) is 5.21. The van der Waals surface area contributed by atoms with E-state index in [1.54, 1.807) is 4.90 Å². The average Bonchev–Trinajstić information content (AvgIpc) is 3.19. The molecule has 0 radical (unpaired) electrons. The summed E-state index contributed by atoms with van der Waals surface area (Å²) in [7, 11) is 5.89. The highest BCUT2D eigenvalue weighted by Gasteiger charge is 2.49. The Hall–Kier alpha value is -1.55. The topological polar surface area (TPSA) is 49.6 Å². The second-order valence-corrected chi connectivity index (χ2v) is 5.71. The quantitative estimate of drug-likeness (QED) is 0.873. The summed E-state index contributed by atoms with van der Waals surface area (Å²) in [6.45, 7) is 1.12. The molecule has 0 aromatic heterocycles. The molecule has 1 aromatic rings. The molecule has 104 valence electrons. The van der Waals surface area contributed by atoms with Gasteiger partial charge in [-0.3, -0.25) is 4.79 Å². The number of benzene rings is 1. The monoisotopic (exact) mass is 261 g/mol. The number of rotatable bonds is 5. The lowest BCUT2D eigenvalue weighted by molar-refractivity contribution is -0.135. The van der Waals surface area contributed by atoms with E-state index in [9.17, 15) is 4.79 Å². The van der Waals surface area contributed by atoms with Crippen LogP contribution in [0.25, 0.3) is 0 Å². The Morgan fingerprint density at radius 3 is 2.21 bits per heavy atom. The normalized spacial score (nSPS) is 16.0. The standard InChI is InChI=1S/C15H23N3O/c1-17(2)13-6-4-12(5-7-13)10-18(3)14(19)15(11-16)8-9-15/h4-7H,8-11,16H2,1-3H3. The minimum Gasteiger partial charge on any atom is -0.378 e. The van der Waals surface area contributed by atoms with Crippen molar-refractivity contribution in [3.63, 3.8) is 0 Å². The van der Waals surface area contributed by atoms with Crippen LogP contribution in [0.2, 0.25) is 0 Å². The van der Waals surface area contributed by atoms with E-state index in [-0.39, 0.29) is 11.3 Å². The lowest BCUT2D eigenvalue weighted by Gasteiger charge is -2.23. The van der Waals surface area contributed by atoms with E-state index in [0.29, 0.717) is 13.1 Å². The fourth-order valence-corrected chi connectivity index (χ4v) is 2.31. The van der Waals surface area contributed by atoms with E-state index in [1.165, 1.54) is 5.69 Å². The molecule has 2 N–H and O–H groups in total. The Bertz CT molecular complexity index is 449. The third-order valence-electron chi connectivity index (χ3n) is 3.92. The molecule has 4 heteroatoms. The van der Waals surface area contributed by atoms with E-state index >= 15 is 0 Å². The third kappa shape index (κ3) is 2.89. The lowest BCUT2D eigenvalue weighted by atomic mass is 10.1. The van der Waals surface area contributed by atoms with Crippen LogP contribution in [0.4, 0.5) is 5.69 Å². The van der Waals surface area contributed by atoms with Gasteiger partial charge in [0.1, 0.15) is 0 Å². The van der Waals surface area contributed by atoms with E-state index in [1.807, 2.05) is 21.1 Å². The van der Waals surface area contributed by atoms with Gasteiger partial charge in [-0.2, -0.15) is 0 Å². The van der Waals surface area contributed by atoms with Crippen LogP contribution in [0.3, 0.4) is 0 Å². The first-order valence-electron chi connectivity index (χ1n) is 6.70. The number of nitrogens with two attached hydrogens (primary N) is 1. The zero-order valence-corrected chi connectivity index (χ0v) is 12.0. The zero-order chi connectivity index (χ0) is 14.0. The highest BCUT2D eigenvalue weighted by molar-refractivity contribution is 5.85. The molecule has 1 amide bonds. The first-order chi connectivity index (χ1) is 8.98. The smallest absolute Gasteiger partial charge is 0.230 e. The molecule has 1 aliphatic carbocycles. The first-order valence-corrected chi connectivity index (χ1v) is 6.70. The van der Waals surface area contributed by atoms with Gasteiger partial charge in [0.25, 0.3) is 0 Å². The van der Waals surface area contributed by atoms with Gasteiger partial charge < -0.3 is 15.5 Å². The maximum atomic E-state index is 12.3. The van der Waals surface area contributed by atoms with Gasteiger partial charge in [0.05, 0.1) is 5.41 Å². The number of amides is 1. The number of carbonyl (C=O) groups is 1. The number of hydrogen-bond acceptors (Lipinski definition) is 3. The largest absolute Gasteiger partial charge is 0.378 e. The van der Waals surface area contributed by atoms with Gasteiger partial charge in [-0.1, -0.05) is 12.1 Å². The minimum absolute atomic E-state index is 0.187. The van der Waals surface area contributed by atoms with Crippen LogP contribution in [0, 0.1) is 5.41 Å². The molecule has 1 aliphatic rings. The zero-order valence-electron chi connectivity index (χ0n) is 12.0. The fraction of sp³-hybridized carbons (Fsp3) is 0.533. The van der Waals surface area contributed by atoms with E-state index in [0.717, 1.165) is 18.4 Å². The molecule has 0 spiro atoms. The fourth-order valence-electron chi connectivity index (χ4n) is 2.31. The number of hydrogen-bond donors (Lipinski definition) is 1. The SMILES string of the molecule is CN(Cc1ccc(N(C)C)cc1)C(=O)C1(CN)CC1. The van der Waals surface area contributed by atoms with Crippen molar-refractivity contribution < 1.29 is 4.79 Å². The molecule has 0 saturated heterocycles. The molecule has 0 aliphatic heterocycles. The number of carbonyl (C=O) groups excluding carboxylic acids is 1. The summed E-state index contributed by atoms with van der Waals surface area (Å²) in [4.78, 5) is 16.1. The summed E-state index contributed by atoms with van der Waals surface area (Å²) < 4.78 is 0. The average molecular weight is 261 g/mol. The summed E-state index contributed by atoms with van der Waals surface area (Å²) >= 11 is 0. The van der Waals surface area contributed by atoms with Crippen molar-refractivity contribution in [2.45, 2.75) is 19.4 Å². The molecular formula is C15H23N3O. The molecule has 1 aromatic carbocycles. The minimum atomic E-state index is -0.252. The number of anilines is 1. The van der Waals surface area contributed by atoms with Crippen molar-refractivity contribution >= 4 is 11.6 Å². The van der Waals surface area contributed by atoms with Crippen molar-refractivity contribution in [3.05, 3.63) is 29.8 Å². The van der Waals surface area contributed by atoms with Gasteiger partial charge in [-0.05, 0) is 30.5 Å². The van der Waals surface area contributed by atoms with Gasteiger partial charge in [0, 0.05) is 39.9 Å². The van der Waals surface area contributed by atoms with E-state index in [4.69, 9.17) is 5.73 Å². The highest BCUT2D eigenvalue weighted by Crippen LogP contribution is 2.46. The van der Waals surface area contributed by atoms with Crippen LogP contribution in [0.5, 0.6) is 0 Å². The molecule has 0 bridgehead atoms. The van der Waals surface area contributed by atoms with Gasteiger partial charge in [0.2, 0.25) is 5.91 Å². The van der Waals surface area contributed by atoms with Crippen LogP contribution in [0.15, 0.2) is 24.3 Å². The Morgan fingerprint density at radius 2 is 1.79 bits per heavy atom. The van der Waals surface area contributed by atoms with Crippen LogP contribution in [0.1, 0.15) is 18.4 Å². The summed E-state index contributed by atoms with van der Waals surface area (Å²) in [5.74, 6) is 0.187. The third-order valence-corrected chi connectivity index (χ3v) is 3.92. The molecule has 1 saturated carbocycles. The van der Waals surface area contributed by atoms with E-state index < -0.39 is 0 Å². The molecule has 19 heavy (non-hydrogen) atoms. The number of nitrogens with zero attached hydrogens (tertiary/aromatic N) is 2. The molecule has 0 atom stereocenters. The van der Waals surface area contributed by atoms with Crippen LogP contribution in [-0.2, 0) is 11.3 Å². The van der Waals surface area contributed by atoms with Crippen LogP contribution in [-0.4, -0.2) is 38.5 Å². The Balaban J connectivity index is 1.99. The van der Waals surface area contributed by atoms with E-state index in [2.05, 4.69) is 29.2 Å². The lowest BCUT2D eigenvalue weighted by Crippen LogP contribution is -2.37.